The van der Waals surface area contributed by atoms with Crippen LogP contribution in [0.15, 0.2) is 47.5 Å². The molecule has 1 aromatic heterocycles. The lowest BCUT2D eigenvalue weighted by atomic mass is 10.2. The summed E-state index contributed by atoms with van der Waals surface area (Å²) < 4.78 is 41.2. The van der Waals surface area contributed by atoms with E-state index in [-0.39, 0.29) is 18.1 Å². The van der Waals surface area contributed by atoms with Gasteiger partial charge in [-0.25, -0.2) is 0 Å². The van der Waals surface area contributed by atoms with Crippen LogP contribution in [0.5, 0.6) is 11.5 Å². The predicted octanol–water partition coefficient (Wildman–Crippen LogP) is 2.42. The minimum Gasteiger partial charge on any atom is -0.486 e. The zero-order chi connectivity index (χ0) is 17.4. The zero-order valence-corrected chi connectivity index (χ0v) is 14.2. The summed E-state index contributed by atoms with van der Waals surface area (Å²) in [6.45, 7) is 1.96. The summed E-state index contributed by atoms with van der Waals surface area (Å²) in [7, 11) is -3.84. The first-order chi connectivity index (χ1) is 12.0. The Morgan fingerprint density at radius 2 is 2.04 bits per heavy atom. The van der Waals surface area contributed by atoms with Crippen molar-refractivity contribution < 1.29 is 22.1 Å². The van der Waals surface area contributed by atoms with Crippen molar-refractivity contribution in [1.82, 2.24) is 10.2 Å². The van der Waals surface area contributed by atoms with Gasteiger partial charge < -0.3 is 9.47 Å². The van der Waals surface area contributed by atoms with Crippen molar-refractivity contribution in [2.24, 2.45) is 0 Å². The van der Waals surface area contributed by atoms with Crippen molar-refractivity contribution in [1.29, 1.82) is 0 Å². The molecule has 4 rings (SSSR count). The van der Waals surface area contributed by atoms with E-state index in [4.69, 9.17) is 13.7 Å². The first-order valence-corrected chi connectivity index (χ1v) is 9.15. The van der Waals surface area contributed by atoms with Crippen molar-refractivity contribution in [3.05, 3.63) is 48.2 Å². The molecule has 0 saturated heterocycles. The van der Waals surface area contributed by atoms with Gasteiger partial charge in [0.2, 0.25) is 0 Å². The summed E-state index contributed by atoms with van der Waals surface area (Å²) in [5, 5.41) is 7.61. The number of hydrogen-bond donors (Lipinski definition) is 1. The second kappa shape index (κ2) is 6.05. The van der Waals surface area contributed by atoms with Gasteiger partial charge >= 0.3 is 0 Å². The fourth-order valence-corrected chi connectivity index (χ4v) is 3.55. The van der Waals surface area contributed by atoms with Crippen molar-refractivity contribution >= 4 is 21.0 Å². The maximum atomic E-state index is 12.3. The Labute approximate surface area is 144 Å². The second-order valence-corrected chi connectivity index (χ2v) is 7.44. The molecular weight excluding hydrogens is 344 g/mol. The SMILES string of the molecule is Cc1ccc(S(=O)(=O)OC[C@H]2COc3ccc4[nH]ncc4c3O2)cc1. The van der Waals surface area contributed by atoms with Crippen LogP contribution in [0.25, 0.3) is 10.9 Å². The normalized spacial score (nSPS) is 16.9. The van der Waals surface area contributed by atoms with Gasteiger partial charge in [0, 0.05) is 0 Å². The summed E-state index contributed by atoms with van der Waals surface area (Å²) in [6.07, 6.45) is 1.11. The highest BCUT2D eigenvalue weighted by Gasteiger charge is 2.26. The lowest BCUT2D eigenvalue weighted by molar-refractivity contribution is 0.0571. The molecule has 25 heavy (non-hydrogen) atoms. The van der Waals surface area contributed by atoms with Crippen LogP contribution in [0.1, 0.15) is 5.56 Å². The number of fused-ring (bicyclic) bond motifs is 3. The molecule has 8 heteroatoms. The number of H-pyrrole nitrogens is 1. The van der Waals surface area contributed by atoms with Crippen molar-refractivity contribution in [2.45, 2.75) is 17.9 Å². The average Bonchev–Trinajstić information content (AvgIpc) is 3.09. The Hall–Kier alpha value is -2.58. The molecule has 0 spiro atoms. The van der Waals surface area contributed by atoms with Crippen LogP contribution < -0.4 is 9.47 Å². The van der Waals surface area contributed by atoms with E-state index in [1.54, 1.807) is 24.4 Å². The van der Waals surface area contributed by atoms with E-state index < -0.39 is 16.2 Å². The van der Waals surface area contributed by atoms with E-state index in [0.717, 1.165) is 16.5 Å². The Morgan fingerprint density at radius 1 is 1.24 bits per heavy atom. The van der Waals surface area contributed by atoms with E-state index in [0.29, 0.717) is 11.5 Å². The third-order valence-electron chi connectivity index (χ3n) is 3.97. The fourth-order valence-electron chi connectivity index (χ4n) is 2.61. The Bertz CT molecular complexity index is 1010. The van der Waals surface area contributed by atoms with Gasteiger partial charge in [-0.1, -0.05) is 17.7 Å². The lowest BCUT2D eigenvalue weighted by Gasteiger charge is -2.26. The van der Waals surface area contributed by atoms with E-state index in [1.807, 2.05) is 13.0 Å². The standard InChI is InChI=1S/C17H16N2O5S/c1-11-2-4-13(5-3-11)25(20,21)23-10-12-9-22-16-7-6-15-14(8-18-19-15)17(16)24-12/h2-8,12H,9-10H2,1H3,(H,18,19)/t12-/m1/s1. The third-order valence-corrected chi connectivity index (χ3v) is 5.26. The number of aromatic amines is 1. The average molecular weight is 360 g/mol. The summed E-state index contributed by atoms with van der Waals surface area (Å²) in [4.78, 5) is 0.118. The highest BCUT2D eigenvalue weighted by atomic mass is 32.2. The Balaban J connectivity index is 1.49. The number of rotatable bonds is 4. The molecule has 130 valence electrons. The fraction of sp³-hybridized carbons (Fsp3) is 0.235. The molecule has 2 heterocycles. The summed E-state index contributed by atoms with van der Waals surface area (Å²) >= 11 is 0. The quantitative estimate of drug-likeness (QED) is 0.719. The smallest absolute Gasteiger partial charge is 0.297 e. The first-order valence-electron chi connectivity index (χ1n) is 7.74. The highest BCUT2D eigenvalue weighted by molar-refractivity contribution is 7.86. The number of nitrogens with one attached hydrogen (secondary N) is 1. The lowest BCUT2D eigenvalue weighted by Crippen LogP contribution is -2.34. The molecule has 0 unspecified atom stereocenters. The van der Waals surface area contributed by atoms with Gasteiger partial charge in [-0.05, 0) is 31.2 Å². The molecule has 0 fully saturated rings. The van der Waals surface area contributed by atoms with Crippen LogP contribution in [0.2, 0.25) is 0 Å². The number of ether oxygens (including phenoxy) is 2. The van der Waals surface area contributed by atoms with Crippen LogP contribution in [-0.4, -0.2) is 37.9 Å². The maximum Gasteiger partial charge on any atom is 0.297 e. The molecule has 0 amide bonds. The van der Waals surface area contributed by atoms with E-state index >= 15 is 0 Å². The van der Waals surface area contributed by atoms with Gasteiger partial charge in [0.15, 0.2) is 17.6 Å². The molecule has 2 aromatic carbocycles. The number of benzene rings is 2. The van der Waals surface area contributed by atoms with Gasteiger partial charge in [0.25, 0.3) is 10.1 Å². The number of hydrogen-bond acceptors (Lipinski definition) is 6. The topological polar surface area (TPSA) is 90.5 Å². The summed E-state index contributed by atoms with van der Waals surface area (Å²) in [5.41, 5.74) is 1.79. The van der Waals surface area contributed by atoms with Gasteiger partial charge in [0.05, 0.1) is 22.0 Å². The molecule has 1 aliphatic rings. The molecule has 3 aromatic rings. The van der Waals surface area contributed by atoms with E-state index in [9.17, 15) is 8.42 Å². The molecule has 0 radical (unpaired) electrons. The van der Waals surface area contributed by atoms with Crippen LogP contribution in [0.3, 0.4) is 0 Å². The van der Waals surface area contributed by atoms with Crippen molar-refractivity contribution in [2.75, 3.05) is 13.2 Å². The molecule has 1 N–H and O–H groups in total. The van der Waals surface area contributed by atoms with E-state index in [1.165, 1.54) is 12.1 Å². The van der Waals surface area contributed by atoms with Crippen LogP contribution in [0.4, 0.5) is 0 Å². The molecule has 7 nitrogen and oxygen atoms in total. The minimum absolute atomic E-state index is 0.118. The monoisotopic (exact) mass is 360 g/mol. The van der Waals surface area contributed by atoms with Gasteiger partial charge in [-0.3, -0.25) is 9.28 Å². The Morgan fingerprint density at radius 3 is 2.84 bits per heavy atom. The summed E-state index contributed by atoms with van der Waals surface area (Å²) in [5.74, 6) is 1.14. The molecule has 0 aliphatic carbocycles. The third kappa shape index (κ3) is 3.06. The largest absolute Gasteiger partial charge is 0.486 e. The van der Waals surface area contributed by atoms with Crippen molar-refractivity contribution in [3.8, 4) is 11.5 Å². The van der Waals surface area contributed by atoms with E-state index in [2.05, 4.69) is 10.2 Å². The van der Waals surface area contributed by atoms with Crippen LogP contribution in [0, 0.1) is 6.92 Å². The maximum absolute atomic E-state index is 12.3. The highest BCUT2D eigenvalue weighted by Crippen LogP contribution is 2.38. The van der Waals surface area contributed by atoms with Gasteiger partial charge in [0.1, 0.15) is 13.2 Å². The van der Waals surface area contributed by atoms with Crippen LogP contribution in [-0.2, 0) is 14.3 Å². The zero-order valence-electron chi connectivity index (χ0n) is 13.4. The molecule has 1 atom stereocenters. The Kier molecular flexibility index (Phi) is 3.85. The minimum atomic E-state index is -3.84. The van der Waals surface area contributed by atoms with Crippen LogP contribution >= 0.6 is 0 Å². The molecule has 1 aliphatic heterocycles. The van der Waals surface area contributed by atoms with Gasteiger partial charge in [-0.15, -0.1) is 0 Å². The predicted molar refractivity (Wildman–Crippen MR) is 90.3 cm³/mol. The number of aryl methyl sites for hydroxylation is 1. The van der Waals surface area contributed by atoms with Crippen molar-refractivity contribution in [3.63, 3.8) is 0 Å². The second-order valence-electron chi connectivity index (χ2n) is 5.83. The number of aromatic nitrogens is 2. The number of nitrogens with zero attached hydrogens (tertiary/aromatic N) is 1. The molecular formula is C17H16N2O5S. The summed E-state index contributed by atoms with van der Waals surface area (Å²) in [6, 6.07) is 10.1. The first kappa shape index (κ1) is 15.9. The van der Waals surface area contributed by atoms with Gasteiger partial charge in [-0.2, -0.15) is 13.5 Å². The molecule has 0 bridgehead atoms. The molecule has 0 saturated carbocycles.